The van der Waals surface area contributed by atoms with E-state index in [0.717, 1.165) is 6.92 Å². The molecular formula is C31H39F6NO10S. The molecule has 10 unspecified atom stereocenters. The minimum Gasteiger partial charge on any atom is -0.459 e. The largest absolute Gasteiger partial charge is 0.459 e. The first-order valence-electron chi connectivity index (χ1n) is 16.5. The Balaban J connectivity index is 1.16. The van der Waals surface area contributed by atoms with E-state index in [1.165, 1.54) is 4.90 Å². The molecule has 8 fully saturated rings. The van der Waals surface area contributed by atoms with E-state index < -0.39 is 129 Å². The molecule has 11 nitrogen and oxygen atoms in total. The summed E-state index contributed by atoms with van der Waals surface area (Å²) in [4.78, 5) is 43.1. The highest BCUT2D eigenvalue weighted by molar-refractivity contribution is 7.85. The van der Waals surface area contributed by atoms with Gasteiger partial charge < -0.3 is 23.8 Å². The topological polar surface area (TPSA) is 146 Å². The SMILES string of the molecule is CC(C)N1C(=O)C2C3CC(C(OC(=O)C45CC6CC(C4)C4(OCC(C)(C(F)(F)F)O4)C(C6)C5)C31)C2C(=O)OC(C)(CS(=O)(=O)O)C(F)(F)F. The van der Waals surface area contributed by atoms with Crippen LogP contribution < -0.4 is 0 Å². The summed E-state index contributed by atoms with van der Waals surface area (Å²) in [6.07, 6.45) is -9.34. The van der Waals surface area contributed by atoms with Crippen molar-refractivity contribution in [2.45, 2.75) is 114 Å². The van der Waals surface area contributed by atoms with Crippen LogP contribution in [0.15, 0.2) is 0 Å². The summed E-state index contributed by atoms with van der Waals surface area (Å²) in [7, 11) is -5.27. The molecule has 6 aliphatic carbocycles. The number of esters is 2. The molecule has 8 aliphatic rings. The van der Waals surface area contributed by atoms with Gasteiger partial charge in [-0.05, 0) is 78.1 Å². The smallest absolute Gasteiger partial charge is 0.429 e. The maximum atomic E-state index is 14.3. The Labute approximate surface area is 278 Å². The molecular weight excluding hydrogens is 692 g/mol. The molecule has 2 saturated heterocycles. The van der Waals surface area contributed by atoms with Gasteiger partial charge in [0.2, 0.25) is 11.5 Å². The predicted octanol–water partition coefficient (Wildman–Crippen LogP) is 4.04. The van der Waals surface area contributed by atoms with Crippen LogP contribution in [0, 0.1) is 46.8 Å². The van der Waals surface area contributed by atoms with Crippen LogP contribution in [0.5, 0.6) is 0 Å². The Bertz CT molecular complexity index is 1550. The van der Waals surface area contributed by atoms with Gasteiger partial charge in [0.1, 0.15) is 11.9 Å². The number of hydrogen-bond donors (Lipinski definition) is 1. The number of carbonyl (C=O) groups is 3. The van der Waals surface area contributed by atoms with Crippen molar-refractivity contribution in [2.75, 3.05) is 12.4 Å². The van der Waals surface area contributed by atoms with Gasteiger partial charge in [0.25, 0.3) is 10.1 Å². The first-order valence-corrected chi connectivity index (χ1v) is 18.2. The Morgan fingerprint density at radius 3 is 2.16 bits per heavy atom. The monoisotopic (exact) mass is 731 g/mol. The first kappa shape index (κ1) is 35.2. The summed E-state index contributed by atoms with van der Waals surface area (Å²) in [6, 6.07) is -1.10. The molecule has 49 heavy (non-hydrogen) atoms. The van der Waals surface area contributed by atoms with Crippen LogP contribution in [0.4, 0.5) is 26.3 Å². The molecule has 0 aromatic rings. The average Bonchev–Trinajstić information content (AvgIpc) is 3.65. The number of amides is 1. The molecule has 0 radical (unpaired) electrons. The fourth-order valence-electron chi connectivity index (χ4n) is 10.9. The number of ether oxygens (including phenoxy) is 4. The minimum atomic E-state index is -5.41. The van der Waals surface area contributed by atoms with Crippen molar-refractivity contribution in [1.29, 1.82) is 0 Å². The summed E-state index contributed by atoms with van der Waals surface area (Å²) in [5.74, 6) is -11.2. The lowest BCUT2D eigenvalue weighted by Gasteiger charge is -2.62. The maximum absolute atomic E-state index is 14.3. The predicted molar refractivity (Wildman–Crippen MR) is 151 cm³/mol. The number of halogens is 6. The Kier molecular flexibility index (Phi) is 7.52. The zero-order valence-corrected chi connectivity index (χ0v) is 28.0. The van der Waals surface area contributed by atoms with Crippen LogP contribution in [0.1, 0.15) is 66.2 Å². The van der Waals surface area contributed by atoms with Crippen LogP contribution in [0.3, 0.4) is 0 Å². The van der Waals surface area contributed by atoms with E-state index >= 15 is 0 Å². The molecule has 1 spiro atoms. The van der Waals surface area contributed by atoms with Crippen LogP contribution >= 0.6 is 0 Å². The standard InChI is InChI=1S/C31H39F6NO10S/c1-13(2)38-21-17-7-18(20(19(17)23(38)39)24(40)47-27(4,31(35,36)37)12-49(42,43)44)22(21)46-25(41)28-8-14-5-15(9-28)29(16(6-14)10-28)45-11-26(3,48-29)30(32,33)34/h13-22H,5-12H2,1-4H3,(H,42,43,44). The van der Waals surface area contributed by atoms with Crippen LogP contribution in [0.25, 0.3) is 0 Å². The minimum absolute atomic E-state index is 0.00387. The van der Waals surface area contributed by atoms with E-state index in [9.17, 15) is 53.7 Å². The zero-order valence-electron chi connectivity index (χ0n) is 27.2. The van der Waals surface area contributed by atoms with E-state index in [1.54, 1.807) is 13.8 Å². The molecule has 1 amide bonds. The lowest BCUT2D eigenvalue weighted by molar-refractivity contribution is -0.344. The number of carbonyl (C=O) groups excluding carboxylic acids is 3. The van der Waals surface area contributed by atoms with E-state index in [1.807, 2.05) is 0 Å². The van der Waals surface area contributed by atoms with Gasteiger partial charge in [0.15, 0.2) is 11.4 Å². The summed E-state index contributed by atoms with van der Waals surface area (Å²) in [5.41, 5.74) is -7.23. The van der Waals surface area contributed by atoms with Gasteiger partial charge in [0.05, 0.1) is 29.9 Å². The molecule has 10 atom stereocenters. The number of hydrogen-bond acceptors (Lipinski definition) is 9. The molecule has 1 N–H and O–H groups in total. The van der Waals surface area contributed by atoms with Gasteiger partial charge >= 0.3 is 24.3 Å². The third-order valence-electron chi connectivity index (χ3n) is 12.7. The summed E-state index contributed by atoms with van der Waals surface area (Å²) in [6.45, 7) is 4.02. The van der Waals surface area contributed by atoms with Crippen LogP contribution in [-0.2, 0) is 43.4 Å². The van der Waals surface area contributed by atoms with Crippen molar-refractivity contribution in [3.8, 4) is 0 Å². The zero-order chi connectivity index (χ0) is 36.1. The van der Waals surface area contributed by atoms with Crippen molar-refractivity contribution in [2.24, 2.45) is 46.8 Å². The second-order valence-corrected chi connectivity index (χ2v) is 17.6. The summed E-state index contributed by atoms with van der Waals surface area (Å²) in [5, 5.41) is 0. The van der Waals surface area contributed by atoms with Crippen LogP contribution in [0.2, 0.25) is 0 Å². The van der Waals surface area contributed by atoms with Gasteiger partial charge in [-0.3, -0.25) is 18.9 Å². The van der Waals surface area contributed by atoms with Gasteiger partial charge in [-0.1, -0.05) is 0 Å². The van der Waals surface area contributed by atoms with E-state index in [4.69, 9.17) is 18.9 Å². The number of fused-ring (bicyclic) bond motifs is 1. The second kappa shape index (κ2) is 10.5. The van der Waals surface area contributed by atoms with Crippen LogP contribution in [-0.4, -0.2) is 95.6 Å². The Hall–Kier alpha value is -2.18. The number of likely N-dealkylation sites (tertiary alicyclic amines) is 1. The fraction of sp³-hybridized carbons (Fsp3) is 0.903. The van der Waals surface area contributed by atoms with Gasteiger partial charge in [-0.25, -0.2) is 0 Å². The van der Waals surface area contributed by atoms with Crippen molar-refractivity contribution < 1.29 is 72.6 Å². The molecule has 6 saturated carbocycles. The number of alkyl halides is 6. The van der Waals surface area contributed by atoms with Crippen molar-refractivity contribution in [3.05, 3.63) is 0 Å². The molecule has 8 rings (SSSR count). The second-order valence-electron chi connectivity index (χ2n) is 16.2. The summed E-state index contributed by atoms with van der Waals surface area (Å²) < 4.78 is 139. The first-order chi connectivity index (χ1) is 22.4. The van der Waals surface area contributed by atoms with E-state index in [-0.39, 0.29) is 25.2 Å². The highest BCUT2D eigenvalue weighted by Gasteiger charge is 2.75. The van der Waals surface area contributed by atoms with Crippen molar-refractivity contribution >= 4 is 28.0 Å². The Morgan fingerprint density at radius 2 is 1.65 bits per heavy atom. The molecule has 0 aromatic carbocycles. The van der Waals surface area contributed by atoms with Gasteiger partial charge in [-0.15, -0.1) is 0 Å². The number of rotatable bonds is 7. The number of nitrogens with zero attached hydrogens (tertiary/aromatic N) is 1. The van der Waals surface area contributed by atoms with E-state index in [0.29, 0.717) is 26.2 Å². The lowest BCUT2D eigenvalue weighted by atomic mass is 9.47. The Morgan fingerprint density at radius 1 is 1.04 bits per heavy atom. The molecule has 2 aliphatic heterocycles. The molecule has 6 bridgehead atoms. The van der Waals surface area contributed by atoms with Gasteiger partial charge in [0, 0.05) is 23.8 Å². The lowest BCUT2D eigenvalue weighted by Crippen LogP contribution is -2.65. The van der Waals surface area contributed by atoms with Crippen molar-refractivity contribution in [3.63, 3.8) is 0 Å². The fourth-order valence-corrected chi connectivity index (χ4v) is 11.8. The molecule has 0 aromatic heterocycles. The van der Waals surface area contributed by atoms with Crippen molar-refractivity contribution in [1.82, 2.24) is 4.90 Å². The highest BCUT2D eigenvalue weighted by atomic mass is 32.2. The van der Waals surface area contributed by atoms with Gasteiger partial charge in [-0.2, -0.15) is 34.8 Å². The van der Waals surface area contributed by atoms with E-state index in [2.05, 4.69) is 0 Å². The highest BCUT2D eigenvalue weighted by Crippen LogP contribution is 2.68. The third kappa shape index (κ3) is 4.99. The average molecular weight is 732 g/mol. The summed E-state index contributed by atoms with van der Waals surface area (Å²) >= 11 is 0. The molecule has 2 heterocycles. The normalized spacial score (nSPS) is 45.1. The molecule has 18 heteroatoms. The quantitative estimate of drug-likeness (QED) is 0.231. The molecule has 276 valence electrons. The maximum Gasteiger partial charge on any atom is 0.429 e. The third-order valence-corrected chi connectivity index (χ3v) is 13.6.